The van der Waals surface area contributed by atoms with E-state index in [-0.39, 0.29) is 48.0 Å². The Morgan fingerprint density at radius 1 is 0.977 bits per heavy atom. The molecular weight excluding hydrogens is 608 g/mol. The third-order valence-electron chi connectivity index (χ3n) is 7.15. The number of carbonyl (C=O) groups is 4. The number of carboxylic acid groups (broad SMARTS) is 2. The van der Waals surface area contributed by atoms with Gasteiger partial charge >= 0.3 is 17.9 Å². The number of carbonyl (C=O) groups excluding carboxylic acids is 2. The normalized spacial score (nSPS) is 13.4. The summed E-state index contributed by atoms with van der Waals surface area (Å²) in [5, 5.41) is 19.5. The molecule has 0 saturated carbocycles. The van der Waals surface area contributed by atoms with Gasteiger partial charge in [0.15, 0.2) is 5.96 Å². The number of aryl methyl sites for hydroxylation is 1. The number of nitrogens with two attached hydrogens (primary N) is 2. The maximum atomic E-state index is 13.4. The van der Waals surface area contributed by atoms with Crippen LogP contribution in [0.15, 0.2) is 71.7 Å². The molecule has 13 heteroatoms. The molecule has 1 aliphatic rings. The monoisotopic (exact) mass is 636 g/mol. The van der Waals surface area contributed by atoms with E-state index in [1.807, 2.05) is 6.07 Å². The number of ether oxygens (including phenoxy) is 1. The number of amides is 1. The predicted molar refractivity (Wildman–Crippen MR) is 168 cm³/mol. The number of aliphatic imine (C=N–C) groups is 1. The largest absolute Gasteiger partial charge is 0.480 e. The SMILES string of the molecule is Cl.NC(N)=Nc1ccc(C(=O)Oc2ccc3c(c2)CCC3CC(=O)N(CC(=O)O)Cc2ccc3sc(C(=O)O)cc3c2)cc1. The van der Waals surface area contributed by atoms with Crippen LogP contribution in [0.1, 0.15) is 55.5 Å². The zero-order valence-corrected chi connectivity index (χ0v) is 24.9. The lowest BCUT2D eigenvalue weighted by molar-refractivity contribution is -0.145. The van der Waals surface area contributed by atoms with Crippen LogP contribution < -0.4 is 16.2 Å². The van der Waals surface area contributed by atoms with Crippen molar-refractivity contribution in [3.63, 3.8) is 0 Å². The van der Waals surface area contributed by atoms with Gasteiger partial charge in [-0.1, -0.05) is 12.1 Å². The molecule has 1 aromatic heterocycles. The summed E-state index contributed by atoms with van der Waals surface area (Å²) < 4.78 is 6.36. The summed E-state index contributed by atoms with van der Waals surface area (Å²) >= 11 is 1.16. The molecule has 1 unspecified atom stereocenters. The minimum Gasteiger partial charge on any atom is -0.480 e. The van der Waals surface area contributed by atoms with E-state index in [0.717, 1.165) is 32.5 Å². The second kappa shape index (κ2) is 13.6. The first-order chi connectivity index (χ1) is 20.5. The topological polar surface area (TPSA) is 186 Å². The Morgan fingerprint density at radius 3 is 2.41 bits per heavy atom. The Labute approximate surface area is 262 Å². The van der Waals surface area contributed by atoms with Crippen molar-refractivity contribution in [2.45, 2.75) is 31.7 Å². The van der Waals surface area contributed by atoms with Crippen LogP contribution in [0.2, 0.25) is 0 Å². The number of thiophene rings is 1. The van der Waals surface area contributed by atoms with Crippen molar-refractivity contribution in [3.05, 3.63) is 93.9 Å². The van der Waals surface area contributed by atoms with Gasteiger partial charge in [-0.25, -0.2) is 14.6 Å². The first-order valence-corrected chi connectivity index (χ1v) is 14.2. The summed E-state index contributed by atoms with van der Waals surface area (Å²) in [7, 11) is 0. The minimum absolute atomic E-state index is 0. The molecule has 0 spiro atoms. The highest BCUT2D eigenvalue weighted by Crippen LogP contribution is 2.38. The number of aliphatic carboxylic acids is 1. The smallest absolute Gasteiger partial charge is 0.345 e. The standard InChI is InChI=1S/C31H28N4O7S.ClH/c32-31(33)34-22-6-4-18(5-7-22)30(41)42-23-8-9-24-19(12-23)2-3-20(24)14-27(36)35(16-28(37)38)15-17-1-10-25-21(11-17)13-26(43-25)29(39)40;/h1,4-13,20H,2-3,14-16H2,(H,37,38)(H,39,40)(H4,32,33,34);1H. The first kappa shape index (κ1) is 32.0. The Hall–Kier alpha value is -4.94. The highest BCUT2D eigenvalue weighted by molar-refractivity contribution is 7.20. The van der Waals surface area contributed by atoms with Crippen LogP contribution >= 0.6 is 23.7 Å². The van der Waals surface area contributed by atoms with Crippen LogP contribution in [0.3, 0.4) is 0 Å². The van der Waals surface area contributed by atoms with Crippen LogP contribution in [0.25, 0.3) is 10.1 Å². The van der Waals surface area contributed by atoms with Crippen molar-refractivity contribution in [1.82, 2.24) is 4.90 Å². The van der Waals surface area contributed by atoms with Gasteiger partial charge in [0, 0.05) is 17.7 Å². The Bertz CT molecular complexity index is 1770. The van der Waals surface area contributed by atoms with E-state index in [2.05, 4.69) is 4.99 Å². The molecule has 0 fully saturated rings. The second-order valence-corrected chi connectivity index (χ2v) is 11.3. The van der Waals surface area contributed by atoms with Gasteiger partial charge in [-0.15, -0.1) is 23.7 Å². The van der Waals surface area contributed by atoms with Crippen LogP contribution in [0.4, 0.5) is 5.69 Å². The molecule has 11 nitrogen and oxygen atoms in total. The number of guanidine groups is 1. The molecule has 44 heavy (non-hydrogen) atoms. The van der Waals surface area contributed by atoms with Gasteiger partial charge in [0.2, 0.25) is 5.91 Å². The highest BCUT2D eigenvalue weighted by Gasteiger charge is 2.28. The fourth-order valence-electron chi connectivity index (χ4n) is 5.20. The summed E-state index contributed by atoms with van der Waals surface area (Å²) in [4.78, 5) is 54.4. The lowest BCUT2D eigenvalue weighted by Crippen LogP contribution is -2.35. The number of hydrogen-bond acceptors (Lipinski definition) is 7. The van der Waals surface area contributed by atoms with Crippen LogP contribution in [0, 0.1) is 0 Å². The van der Waals surface area contributed by atoms with E-state index in [9.17, 15) is 29.4 Å². The van der Waals surface area contributed by atoms with Crippen molar-refractivity contribution >= 4 is 69.3 Å². The number of nitrogens with zero attached hydrogens (tertiary/aromatic N) is 2. The number of benzene rings is 3. The van der Waals surface area contributed by atoms with E-state index in [0.29, 0.717) is 35.4 Å². The average Bonchev–Trinajstić information content (AvgIpc) is 3.56. The van der Waals surface area contributed by atoms with E-state index < -0.39 is 24.5 Å². The number of halogens is 1. The fraction of sp³-hybridized carbons (Fsp3) is 0.194. The third kappa shape index (κ3) is 7.52. The van der Waals surface area contributed by atoms with Gasteiger partial charge in [0.05, 0.1) is 11.3 Å². The zero-order valence-electron chi connectivity index (χ0n) is 23.3. The second-order valence-electron chi connectivity index (χ2n) is 10.2. The van der Waals surface area contributed by atoms with Crippen LogP contribution in [-0.2, 0) is 22.6 Å². The molecule has 0 radical (unpaired) electrons. The molecule has 228 valence electrons. The van der Waals surface area contributed by atoms with Gasteiger partial charge < -0.3 is 31.3 Å². The number of esters is 1. The summed E-state index contributed by atoms with van der Waals surface area (Å²) in [5.74, 6) is -2.78. The van der Waals surface area contributed by atoms with Crippen molar-refractivity contribution < 1.29 is 34.1 Å². The molecule has 6 N–H and O–H groups in total. The Balaban J connectivity index is 0.00000442. The van der Waals surface area contributed by atoms with Crippen molar-refractivity contribution in [1.29, 1.82) is 0 Å². The molecular formula is C31H29ClN4O7S. The third-order valence-corrected chi connectivity index (χ3v) is 8.26. The summed E-state index contributed by atoms with van der Waals surface area (Å²) in [5.41, 5.74) is 14.2. The number of fused-ring (bicyclic) bond motifs is 2. The van der Waals surface area contributed by atoms with Gasteiger partial charge in [0.25, 0.3) is 0 Å². The van der Waals surface area contributed by atoms with Gasteiger partial charge in [-0.05, 0) is 95.4 Å². The molecule has 0 bridgehead atoms. The van der Waals surface area contributed by atoms with Crippen molar-refractivity contribution in [3.8, 4) is 5.75 Å². The van der Waals surface area contributed by atoms with E-state index in [4.69, 9.17) is 16.2 Å². The quantitative estimate of drug-likeness (QED) is 0.0830. The van der Waals surface area contributed by atoms with E-state index in [1.165, 1.54) is 4.90 Å². The number of rotatable bonds is 10. The van der Waals surface area contributed by atoms with Crippen LogP contribution in [0.5, 0.6) is 5.75 Å². The van der Waals surface area contributed by atoms with Crippen LogP contribution in [-0.4, -0.2) is 51.4 Å². The maximum absolute atomic E-state index is 13.4. The predicted octanol–water partition coefficient (Wildman–Crippen LogP) is 4.68. The molecule has 0 saturated heterocycles. The number of hydrogen-bond donors (Lipinski definition) is 4. The van der Waals surface area contributed by atoms with Crippen molar-refractivity contribution in [2.75, 3.05) is 6.54 Å². The molecule has 0 aliphatic heterocycles. The molecule has 4 aromatic rings. The van der Waals surface area contributed by atoms with Gasteiger partial charge in [-0.2, -0.15) is 0 Å². The minimum atomic E-state index is -1.12. The fourth-order valence-corrected chi connectivity index (χ4v) is 6.08. The van der Waals surface area contributed by atoms with E-state index in [1.54, 1.807) is 60.7 Å². The number of carboxylic acids is 2. The average molecular weight is 637 g/mol. The zero-order chi connectivity index (χ0) is 30.7. The maximum Gasteiger partial charge on any atom is 0.345 e. The van der Waals surface area contributed by atoms with Crippen molar-refractivity contribution in [2.24, 2.45) is 16.5 Å². The molecule has 1 atom stereocenters. The molecule has 1 heterocycles. The Morgan fingerprint density at radius 2 is 1.73 bits per heavy atom. The lowest BCUT2D eigenvalue weighted by Gasteiger charge is -2.23. The van der Waals surface area contributed by atoms with Gasteiger partial charge in [-0.3, -0.25) is 9.59 Å². The Kier molecular flexibility index (Phi) is 9.87. The van der Waals surface area contributed by atoms with E-state index >= 15 is 0 Å². The summed E-state index contributed by atoms with van der Waals surface area (Å²) in [6.07, 6.45) is 1.52. The molecule has 5 rings (SSSR count). The first-order valence-electron chi connectivity index (χ1n) is 13.4. The summed E-state index contributed by atoms with van der Waals surface area (Å²) in [6.45, 7) is -0.372. The molecule has 3 aromatic carbocycles. The van der Waals surface area contributed by atoms with Gasteiger partial charge in [0.1, 0.15) is 17.2 Å². The number of aromatic carboxylic acids is 1. The highest BCUT2D eigenvalue weighted by atomic mass is 35.5. The molecule has 1 amide bonds. The lowest BCUT2D eigenvalue weighted by atomic mass is 9.97. The summed E-state index contributed by atoms with van der Waals surface area (Å²) in [6, 6.07) is 18.6. The molecule has 1 aliphatic carbocycles.